The summed E-state index contributed by atoms with van der Waals surface area (Å²) in [5.74, 6) is 0. The molecule has 3 heterocycles. The van der Waals surface area contributed by atoms with Crippen LogP contribution in [0.15, 0.2) is 65.9 Å². The third-order valence-electron chi connectivity index (χ3n) is 3.71. The Bertz CT molecular complexity index is 873. The van der Waals surface area contributed by atoms with Gasteiger partial charge in [0, 0.05) is 29.9 Å². The van der Waals surface area contributed by atoms with Crippen molar-refractivity contribution in [1.29, 1.82) is 0 Å². The van der Waals surface area contributed by atoms with Crippen molar-refractivity contribution in [2.24, 2.45) is 4.99 Å². The zero-order valence-electron chi connectivity index (χ0n) is 11.7. The molecule has 22 heavy (non-hydrogen) atoms. The Kier molecular flexibility index (Phi) is 3.20. The van der Waals surface area contributed by atoms with Crippen molar-refractivity contribution in [1.82, 2.24) is 9.97 Å². The Balaban J connectivity index is 2.01. The fraction of sp³-hybridized carbons (Fsp3) is 0.0556. The lowest BCUT2D eigenvalue weighted by Crippen LogP contribution is -2.06. The van der Waals surface area contributed by atoms with E-state index in [0.29, 0.717) is 11.6 Å². The zero-order chi connectivity index (χ0) is 14.9. The molecule has 3 nitrogen and oxygen atoms in total. The van der Waals surface area contributed by atoms with E-state index in [1.54, 1.807) is 12.4 Å². The van der Waals surface area contributed by atoms with E-state index in [-0.39, 0.29) is 0 Å². The summed E-state index contributed by atoms with van der Waals surface area (Å²) in [5.41, 5.74) is 5.93. The van der Waals surface area contributed by atoms with Crippen LogP contribution in [-0.4, -0.2) is 15.7 Å². The normalized spacial score (nSPS) is 12.9. The molecule has 2 aromatic heterocycles. The van der Waals surface area contributed by atoms with Gasteiger partial charge in [0.1, 0.15) is 5.15 Å². The second kappa shape index (κ2) is 5.35. The molecular weight excluding hydrogens is 294 g/mol. The highest BCUT2D eigenvalue weighted by Crippen LogP contribution is 2.29. The molecule has 0 spiro atoms. The molecule has 0 atom stereocenters. The largest absolute Gasteiger partial charge is 0.259 e. The van der Waals surface area contributed by atoms with Crippen molar-refractivity contribution in [2.75, 3.05) is 0 Å². The number of hydrogen-bond donors (Lipinski definition) is 0. The second-order valence-electron chi connectivity index (χ2n) is 5.14. The SMILES string of the molecule is Clc1cc2c(cn1)C(c1ccccc1)=Nc1cccnc1C2. The predicted octanol–water partition coefficient (Wildman–Crippen LogP) is 4.20. The van der Waals surface area contributed by atoms with Gasteiger partial charge >= 0.3 is 0 Å². The summed E-state index contributed by atoms with van der Waals surface area (Å²) in [6.45, 7) is 0. The summed E-state index contributed by atoms with van der Waals surface area (Å²) < 4.78 is 0. The molecule has 0 fully saturated rings. The Labute approximate surface area is 133 Å². The van der Waals surface area contributed by atoms with E-state index in [9.17, 15) is 0 Å². The lowest BCUT2D eigenvalue weighted by molar-refractivity contribution is 1.07. The molecule has 0 unspecified atom stereocenters. The van der Waals surface area contributed by atoms with Gasteiger partial charge in [-0.3, -0.25) is 4.98 Å². The first-order chi connectivity index (χ1) is 10.8. The molecule has 0 radical (unpaired) electrons. The fourth-order valence-corrected chi connectivity index (χ4v) is 2.85. The van der Waals surface area contributed by atoms with Crippen LogP contribution < -0.4 is 0 Å². The summed E-state index contributed by atoms with van der Waals surface area (Å²) in [5, 5.41) is 0.491. The Hall–Kier alpha value is -2.52. The lowest BCUT2D eigenvalue weighted by Gasteiger charge is -2.09. The first-order valence-corrected chi connectivity index (χ1v) is 7.42. The molecule has 1 aliphatic rings. The smallest absolute Gasteiger partial charge is 0.129 e. The molecule has 106 valence electrons. The minimum Gasteiger partial charge on any atom is -0.259 e. The number of nitrogens with zero attached hydrogens (tertiary/aromatic N) is 3. The number of benzene rings is 1. The minimum absolute atomic E-state index is 0.491. The maximum absolute atomic E-state index is 6.08. The molecule has 3 aromatic rings. The summed E-state index contributed by atoms with van der Waals surface area (Å²) in [6.07, 6.45) is 4.30. The molecule has 0 aliphatic carbocycles. The standard InChI is InChI=1S/C18H12ClN3/c19-17-10-13-9-16-15(7-4-8-20-16)22-18(14(13)11-21-17)12-5-2-1-3-6-12/h1-8,10-11H,9H2. The van der Waals surface area contributed by atoms with Crippen LogP contribution in [0.5, 0.6) is 0 Å². The highest BCUT2D eigenvalue weighted by molar-refractivity contribution is 6.29. The molecule has 0 saturated carbocycles. The van der Waals surface area contributed by atoms with Gasteiger partial charge in [-0.15, -0.1) is 0 Å². The number of hydrogen-bond acceptors (Lipinski definition) is 3. The zero-order valence-corrected chi connectivity index (χ0v) is 12.5. The van der Waals surface area contributed by atoms with E-state index < -0.39 is 0 Å². The number of fused-ring (bicyclic) bond motifs is 2. The van der Waals surface area contributed by atoms with Crippen LogP contribution in [0.4, 0.5) is 5.69 Å². The van der Waals surface area contributed by atoms with Gasteiger partial charge < -0.3 is 0 Å². The van der Waals surface area contributed by atoms with Crippen molar-refractivity contribution in [3.63, 3.8) is 0 Å². The number of aliphatic imine (C=N–C) groups is 1. The molecule has 4 heteroatoms. The highest BCUT2D eigenvalue weighted by atomic mass is 35.5. The molecule has 4 rings (SSSR count). The van der Waals surface area contributed by atoms with Crippen LogP contribution in [0, 0.1) is 0 Å². The molecule has 1 aliphatic heterocycles. The van der Waals surface area contributed by atoms with E-state index in [4.69, 9.17) is 16.6 Å². The molecule has 0 bridgehead atoms. The van der Waals surface area contributed by atoms with E-state index in [1.165, 1.54) is 0 Å². The van der Waals surface area contributed by atoms with E-state index in [0.717, 1.165) is 33.8 Å². The molecule has 1 aromatic carbocycles. The van der Waals surface area contributed by atoms with Crippen molar-refractivity contribution in [2.45, 2.75) is 6.42 Å². The van der Waals surface area contributed by atoms with Crippen molar-refractivity contribution in [3.05, 3.63) is 88.5 Å². The average Bonchev–Trinajstić information content (AvgIpc) is 2.71. The van der Waals surface area contributed by atoms with Gasteiger partial charge in [-0.05, 0) is 23.8 Å². The Morgan fingerprint density at radius 2 is 1.82 bits per heavy atom. The Morgan fingerprint density at radius 3 is 2.68 bits per heavy atom. The summed E-state index contributed by atoms with van der Waals surface area (Å²) in [4.78, 5) is 13.6. The van der Waals surface area contributed by atoms with Crippen LogP contribution in [0.1, 0.15) is 22.4 Å². The van der Waals surface area contributed by atoms with Crippen LogP contribution >= 0.6 is 11.6 Å². The van der Waals surface area contributed by atoms with Gasteiger partial charge in [-0.1, -0.05) is 41.9 Å². The molecular formula is C18H12ClN3. The fourth-order valence-electron chi connectivity index (χ4n) is 2.67. The van der Waals surface area contributed by atoms with Gasteiger partial charge in [0.15, 0.2) is 0 Å². The van der Waals surface area contributed by atoms with Crippen LogP contribution in [0.3, 0.4) is 0 Å². The quantitative estimate of drug-likeness (QED) is 0.494. The number of halogens is 1. The second-order valence-corrected chi connectivity index (χ2v) is 5.52. The third-order valence-corrected chi connectivity index (χ3v) is 3.92. The van der Waals surface area contributed by atoms with Crippen LogP contribution in [0.2, 0.25) is 5.15 Å². The van der Waals surface area contributed by atoms with Crippen LogP contribution in [-0.2, 0) is 6.42 Å². The first-order valence-electron chi connectivity index (χ1n) is 7.04. The first kappa shape index (κ1) is 13.2. The third kappa shape index (κ3) is 2.30. The van der Waals surface area contributed by atoms with E-state index >= 15 is 0 Å². The van der Waals surface area contributed by atoms with Crippen molar-refractivity contribution < 1.29 is 0 Å². The summed E-state index contributed by atoms with van der Waals surface area (Å²) >= 11 is 6.08. The Morgan fingerprint density at radius 1 is 0.955 bits per heavy atom. The number of aromatic nitrogens is 2. The van der Waals surface area contributed by atoms with Gasteiger partial charge in [-0.25, -0.2) is 9.98 Å². The predicted molar refractivity (Wildman–Crippen MR) is 88.0 cm³/mol. The number of pyridine rings is 2. The molecule has 0 amide bonds. The molecule has 0 saturated heterocycles. The van der Waals surface area contributed by atoms with Gasteiger partial charge in [0.25, 0.3) is 0 Å². The van der Waals surface area contributed by atoms with Crippen molar-refractivity contribution >= 4 is 23.0 Å². The monoisotopic (exact) mass is 305 g/mol. The maximum Gasteiger partial charge on any atom is 0.129 e. The topological polar surface area (TPSA) is 38.1 Å². The van der Waals surface area contributed by atoms with Crippen molar-refractivity contribution in [3.8, 4) is 0 Å². The maximum atomic E-state index is 6.08. The van der Waals surface area contributed by atoms with Gasteiger partial charge in [0.2, 0.25) is 0 Å². The van der Waals surface area contributed by atoms with E-state index in [2.05, 4.69) is 22.1 Å². The number of rotatable bonds is 1. The van der Waals surface area contributed by atoms with E-state index in [1.807, 2.05) is 36.4 Å². The lowest BCUT2D eigenvalue weighted by atomic mass is 9.98. The summed E-state index contributed by atoms with van der Waals surface area (Å²) in [6, 6.07) is 15.9. The summed E-state index contributed by atoms with van der Waals surface area (Å²) in [7, 11) is 0. The molecule has 0 N–H and O–H groups in total. The average molecular weight is 306 g/mol. The highest BCUT2D eigenvalue weighted by Gasteiger charge is 2.19. The van der Waals surface area contributed by atoms with Gasteiger partial charge in [0.05, 0.1) is 17.1 Å². The van der Waals surface area contributed by atoms with Gasteiger partial charge in [-0.2, -0.15) is 0 Å². The van der Waals surface area contributed by atoms with Crippen LogP contribution in [0.25, 0.3) is 0 Å². The minimum atomic E-state index is 0.491.